The van der Waals surface area contributed by atoms with Gasteiger partial charge in [0.05, 0.1) is 23.1 Å². The van der Waals surface area contributed by atoms with Crippen molar-refractivity contribution in [2.75, 3.05) is 25.0 Å². The Morgan fingerprint density at radius 3 is 2.59 bits per heavy atom. The molecule has 11 nitrogen and oxygen atoms in total. The fourth-order valence-electron chi connectivity index (χ4n) is 5.72. The minimum atomic E-state index is -0.480. The van der Waals surface area contributed by atoms with Crippen LogP contribution in [0.2, 0.25) is 5.02 Å². The van der Waals surface area contributed by atoms with E-state index in [1.165, 1.54) is 12.8 Å². The second-order valence-corrected chi connectivity index (χ2v) is 12.2. The van der Waals surface area contributed by atoms with Crippen LogP contribution in [0, 0.1) is 5.92 Å². The lowest BCUT2D eigenvalue weighted by Crippen LogP contribution is -2.44. The lowest BCUT2D eigenvalue weighted by atomic mass is 9.90. The molecule has 12 heteroatoms. The van der Waals surface area contributed by atoms with E-state index in [1.807, 2.05) is 48.3 Å². The highest BCUT2D eigenvalue weighted by atomic mass is 35.5. The van der Waals surface area contributed by atoms with Gasteiger partial charge >= 0.3 is 6.09 Å². The molecule has 4 N–H and O–H groups in total. The van der Waals surface area contributed by atoms with Crippen LogP contribution in [-0.2, 0) is 29.5 Å². The summed E-state index contributed by atoms with van der Waals surface area (Å²) in [5, 5.41) is 11.3. The molecule has 2 aromatic heterocycles. The number of halogens is 1. The molecule has 2 amide bonds. The van der Waals surface area contributed by atoms with E-state index in [9.17, 15) is 9.59 Å². The van der Waals surface area contributed by atoms with Gasteiger partial charge in [0.25, 0.3) is 5.91 Å². The molecule has 0 aliphatic heterocycles. The smallest absolute Gasteiger partial charge is 0.410 e. The predicted molar refractivity (Wildman–Crippen MR) is 170 cm³/mol. The maximum atomic E-state index is 13.3. The van der Waals surface area contributed by atoms with Crippen molar-refractivity contribution in [3.05, 3.63) is 59.0 Å². The minimum Gasteiger partial charge on any atom is -0.439 e. The molecule has 1 aromatic carbocycles. The van der Waals surface area contributed by atoms with Gasteiger partial charge in [0, 0.05) is 43.5 Å². The molecule has 0 radical (unpaired) electrons. The van der Waals surface area contributed by atoms with Crippen LogP contribution in [0.4, 0.5) is 10.7 Å². The van der Waals surface area contributed by atoms with Gasteiger partial charge in [0.1, 0.15) is 0 Å². The van der Waals surface area contributed by atoms with Crippen molar-refractivity contribution < 1.29 is 14.3 Å². The Morgan fingerprint density at radius 2 is 1.86 bits per heavy atom. The Kier molecular flexibility index (Phi) is 11.1. The van der Waals surface area contributed by atoms with E-state index in [0.29, 0.717) is 42.2 Å². The molecule has 2 fully saturated rings. The number of hydrogen-bond acceptors (Lipinski definition) is 8. The van der Waals surface area contributed by atoms with E-state index in [2.05, 4.69) is 20.7 Å². The van der Waals surface area contributed by atoms with E-state index in [0.717, 1.165) is 61.8 Å². The number of amides is 2. The van der Waals surface area contributed by atoms with Crippen molar-refractivity contribution in [1.82, 2.24) is 30.0 Å². The molecule has 0 atom stereocenters. The summed E-state index contributed by atoms with van der Waals surface area (Å²) >= 11 is 6.57. The monoisotopic (exact) mass is 622 g/mol. The standard InChI is InChI=1S/C32H43ClN8O3/c1-40-28(17-22-9-10-22)26(18-37-40)30-27(33)19-36-31(39-30)38-24-11-13-25(14-12-24)41(20-23-7-3-2-4-8-23)32(43)44-21-29(42)35-16-6-5-15-34/h2-4,7-8,18-19,22,24-25H,5-6,9-17,20-21,34H2,1H3,(H,35,42)(H,36,38,39). The zero-order valence-corrected chi connectivity index (χ0v) is 26.1. The minimum absolute atomic E-state index is 0.0181. The van der Waals surface area contributed by atoms with Gasteiger partial charge in [-0.05, 0) is 75.8 Å². The van der Waals surface area contributed by atoms with Gasteiger partial charge < -0.3 is 26.0 Å². The highest BCUT2D eigenvalue weighted by Crippen LogP contribution is 2.37. The summed E-state index contributed by atoms with van der Waals surface area (Å²) in [6, 6.07) is 9.97. The summed E-state index contributed by atoms with van der Waals surface area (Å²) < 4.78 is 7.39. The summed E-state index contributed by atoms with van der Waals surface area (Å²) in [6.07, 6.45) is 11.3. The third kappa shape index (κ3) is 8.69. The molecule has 0 bridgehead atoms. The maximum Gasteiger partial charge on any atom is 0.410 e. The molecule has 0 spiro atoms. The predicted octanol–water partition coefficient (Wildman–Crippen LogP) is 4.70. The maximum absolute atomic E-state index is 13.3. The van der Waals surface area contributed by atoms with Crippen LogP contribution in [0.3, 0.4) is 0 Å². The highest BCUT2D eigenvalue weighted by molar-refractivity contribution is 6.33. The molecule has 2 saturated carbocycles. The first-order valence-electron chi connectivity index (χ1n) is 15.7. The van der Waals surface area contributed by atoms with Crippen molar-refractivity contribution in [3.63, 3.8) is 0 Å². The average Bonchev–Trinajstić information content (AvgIpc) is 3.79. The SMILES string of the molecule is Cn1ncc(-c2nc(NC3CCC(N(Cc4ccccc4)C(=O)OCC(=O)NCCCCN)CC3)ncc2Cl)c1CC1CC1. The first-order valence-corrected chi connectivity index (χ1v) is 16.0. The third-order valence-corrected chi connectivity index (χ3v) is 8.70. The van der Waals surface area contributed by atoms with Gasteiger partial charge in [-0.25, -0.2) is 14.8 Å². The van der Waals surface area contributed by atoms with E-state index in [1.54, 1.807) is 11.1 Å². The van der Waals surface area contributed by atoms with Crippen LogP contribution in [0.1, 0.15) is 62.6 Å². The molecule has 0 unspecified atom stereocenters. The van der Waals surface area contributed by atoms with Crippen LogP contribution in [0.25, 0.3) is 11.3 Å². The van der Waals surface area contributed by atoms with Gasteiger partial charge in [0.15, 0.2) is 6.61 Å². The van der Waals surface area contributed by atoms with E-state index in [-0.39, 0.29) is 24.6 Å². The van der Waals surface area contributed by atoms with Crippen LogP contribution >= 0.6 is 11.6 Å². The van der Waals surface area contributed by atoms with Crippen molar-refractivity contribution in [3.8, 4) is 11.3 Å². The second kappa shape index (κ2) is 15.3. The fraction of sp³-hybridized carbons (Fsp3) is 0.531. The molecular weight excluding hydrogens is 580 g/mol. The summed E-state index contributed by atoms with van der Waals surface area (Å²) in [4.78, 5) is 36.5. The van der Waals surface area contributed by atoms with Crippen LogP contribution in [0.5, 0.6) is 0 Å². The number of unbranched alkanes of at least 4 members (excludes halogenated alkanes) is 1. The Labute approximate surface area is 263 Å². The molecule has 44 heavy (non-hydrogen) atoms. The number of rotatable bonds is 14. The molecule has 3 aromatic rings. The number of anilines is 1. The fourth-order valence-corrected chi connectivity index (χ4v) is 5.91. The van der Waals surface area contributed by atoms with Crippen molar-refractivity contribution >= 4 is 29.5 Å². The third-order valence-electron chi connectivity index (χ3n) is 8.42. The number of aryl methyl sites for hydroxylation is 1. The molecule has 2 heterocycles. The van der Waals surface area contributed by atoms with Crippen LogP contribution in [-0.4, -0.2) is 68.4 Å². The summed E-state index contributed by atoms with van der Waals surface area (Å²) in [6.45, 7) is 1.20. The van der Waals surface area contributed by atoms with Gasteiger partial charge in [-0.1, -0.05) is 41.9 Å². The van der Waals surface area contributed by atoms with Crippen molar-refractivity contribution in [1.29, 1.82) is 0 Å². The van der Waals surface area contributed by atoms with E-state index >= 15 is 0 Å². The Hall–Kier alpha value is -3.70. The zero-order chi connectivity index (χ0) is 30.9. The quantitative estimate of drug-likeness (QED) is 0.220. The van der Waals surface area contributed by atoms with Crippen molar-refractivity contribution in [2.24, 2.45) is 18.7 Å². The van der Waals surface area contributed by atoms with Gasteiger partial charge in [-0.3, -0.25) is 9.48 Å². The zero-order valence-electron chi connectivity index (χ0n) is 25.4. The second-order valence-electron chi connectivity index (χ2n) is 11.8. The Bertz CT molecular complexity index is 1390. The number of nitrogens with two attached hydrogens (primary N) is 1. The normalized spacial score (nSPS) is 18.1. The largest absolute Gasteiger partial charge is 0.439 e. The average molecular weight is 623 g/mol. The number of carbonyl (C=O) groups is 2. The first kappa shape index (κ1) is 31.7. The van der Waals surface area contributed by atoms with Gasteiger partial charge in [-0.15, -0.1) is 0 Å². The van der Waals surface area contributed by atoms with Gasteiger partial charge in [0.2, 0.25) is 5.95 Å². The first-order chi connectivity index (χ1) is 21.4. The van der Waals surface area contributed by atoms with Crippen molar-refractivity contribution in [2.45, 2.75) is 76.4 Å². The van der Waals surface area contributed by atoms with Gasteiger partial charge in [-0.2, -0.15) is 5.10 Å². The van der Waals surface area contributed by atoms with E-state index < -0.39 is 6.09 Å². The Balaban J connectivity index is 1.19. The number of carbonyl (C=O) groups excluding carboxylic acids is 2. The molecule has 236 valence electrons. The number of benzene rings is 1. The topological polar surface area (TPSA) is 140 Å². The molecule has 2 aliphatic rings. The molecular formula is C32H43ClN8O3. The van der Waals surface area contributed by atoms with Crippen LogP contribution in [0.15, 0.2) is 42.7 Å². The van der Waals surface area contributed by atoms with Crippen LogP contribution < -0.4 is 16.4 Å². The number of aromatic nitrogens is 4. The summed E-state index contributed by atoms with van der Waals surface area (Å²) in [5.41, 5.74) is 9.32. The molecule has 2 aliphatic carbocycles. The Morgan fingerprint density at radius 1 is 1.09 bits per heavy atom. The lowest BCUT2D eigenvalue weighted by Gasteiger charge is -2.36. The molecule has 5 rings (SSSR count). The number of ether oxygens (including phenoxy) is 1. The summed E-state index contributed by atoms with van der Waals surface area (Å²) in [7, 11) is 1.96. The summed E-state index contributed by atoms with van der Waals surface area (Å²) in [5.74, 6) is 0.934. The lowest BCUT2D eigenvalue weighted by molar-refractivity contribution is -0.124. The number of hydrogen-bond donors (Lipinski definition) is 3. The number of nitrogens with one attached hydrogen (secondary N) is 2. The number of nitrogens with zero attached hydrogens (tertiary/aromatic N) is 5. The molecule has 0 saturated heterocycles. The van der Waals surface area contributed by atoms with E-state index in [4.69, 9.17) is 27.1 Å². The highest BCUT2D eigenvalue weighted by Gasteiger charge is 2.31.